The Morgan fingerprint density at radius 2 is 2.00 bits per heavy atom. The van der Waals surface area contributed by atoms with Crippen LogP contribution in [0.15, 0.2) is 34.7 Å². The Kier molecular flexibility index (Phi) is 5.50. The highest BCUT2D eigenvalue weighted by molar-refractivity contribution is 6.30. The fourth-order valence-corrected chi connectivity index (χ4v) is 2.41. The molecule has 5 heteroatoms. The summed E-state index contributed by atoms with van der Waals surface area (Å²) in [6.07, 6.45) is 2.42. The molecule has 0 fully saturated rings. The number of ether oxygens (including phenoxy) is 1. The van der Waals surface area contributed by atoms with Crippen LogP contribution in [0.2, 0.25) is 5.02 Å². The third-order valence-electron chi connectivity index (χ3n) is 3.46. The van der Waals surface area contributed by atoms with Crippen molar-refractivity contribution in [3.8, 4) is 5.75 Å². The average Bonchev–Trinajstić information content (AvgIpc) is 2.95. The zero-order valence-electron chi connectivity index (χ0n) is 12.6. The lowest BCUT2D eigenvalue weighted by molar-refractivity contribution is 0.0660. The van der Waals surface area contributed by atoms with E-state index in [4.69, 9.17) is 25.9 Å². The summed E-state index contributed by atoms with van der Waals surface area (Å²) in [4.78, 5) is 10.9. The second-order valence-corrected chi connectivity index (χ2v) is 5.49. The van der Waals surface area contributed by atoms with E-state index in [2.05, 4.69) is 13.8 Å². The van der Waals surface area contributed by atoms with Crippen molar-refractivity contribution in [2.45, 2.75) is 39.2 Å². The van der Waals surface area contributed by atoms with Gasteiger partial charge in [0.1, 0.15) is 11.5 Å². The molecular formula is C17H19ClO4. The third-order valence-corrected chi connectivity index (χ3v) is 3.70. The van der Waals surface area contributed by atoms with E-state index in [9.17, 15) is 4.79 Å². The summed E-state index contributed by atoms with van der Waals surface area (Å²) in [6, 6.07) is 8.56. The fraction of sp³-hybridized carbons (Fsp3) is 0.353. The van der Waals surface area contributed by atoms with Crippen molar-refractivity contribution in [2.24, 2.45) is 0 Å². The zero-order valence-corrected chi connectivity index (χ0v) is 13.4. The summed E-state index contributed by atoms with van der Waals surface area (Å²) < 4.78 is 11.3. The van der Waals surface area contributed by atoms with Crippen LogP contribution in [0.4, 0.5) is 0 Å². The number of furan rings is 1. The molecule has 2 rings (SSSR count). The maximum absolute atomic E-state index is 10.9. The van der Waals surface area contributed by atoms with Gasteiger partial charge >= 0.3 is 5.97 Å². The maximum atomic E-state index is 10.9. The van der Waals surface area contributed by atoms with Gasteiger partial charge < -0.3 is 14.3 Å². The molecule has 0 aliphatic heterocycles. The first-order chi connectivity index (χ1) is 10.5. The number of hydrogen-bond acceptors (Lipinski definition) is 3. The molecular weight excluding hydrogens is 304 g/mol. The molecule has 0 spiro atoms. The quantitative estimate of drug-likeness (QED) is 0.796. The van der Waals surface area contributed by atoms with Crippen molar-refractivity contribution in [1.82, 2.24) is 0 Å². The van der Waals surface area contributed by atoms with Gasteiger partial charge in [-0.3, -0.25) is 0 Å². The first kappa shape index (κ1) is 16.4. The predicted octanol–water partition coefficient (Wildman–Crippen LogP) is 4.79. The number of rotatable bonds is 7. The van der Waals surface area contributed by atoms with Crippen LogP contribution in [-0.4, -0.2) is 17.2 Å². The molecule has 1 aromatic carbocycles. The second-order valence-electron chi connectivity index (χ2n) is 5.06. The van der Waals surface area contributed by atoms with Crippen LogP contribution in [0.5, 0.6) is 5.75 Å². The van der Waals surface area contributed by atoms with E-state index in [1.807, 2.05) is 12.1 Å². The summed E-state index contributed by atoms with van der Waals surface area (Å²) >= 11 is 6.06. The number of carbonyl (C=O) groups is 1. The molecule has 1 N–H and O–H groups in total. The summed E-state index contributed by atoms with van der Waals surface area (Å²) in [5.41, 5.74) is 0.880. The average molecular weight is 323 g/mol. The minimum atomic E-state index is -1.08. The summed E-state index contributed by atoms with van der Waals surface area (Å²) in [7, 11) is 0. The minimum Gasteiger partial charge on any atom is -0.490 e. The highest BCUT2D eigenvalue weighted by atomic mass is 35.5. The molecule has 1 aromatic heterocycles. The Balaban J connectivity index is 2.24. The highest BCUT2D eigenvalue weighted by Crippen LogP contribution is 2.28. The monoisotopic (exact) mass is 322 g/mol. The van der Waals surface area contributed by atoms with Crippen molar-refractivity contribution in [1.29, 1.82) is 0 Å². The van der Waals surface area contributed by atoms with E-state index in [0.29, 0.717) is 17.2 Å². The molecule has 0 saturated carbocycles. The molecule has 22 heavy (non-hydrogen) atoms. The molecule has 0 atom stereocenters. The van der Waals surface area contributed by atoms with Gasteiger partial charge in [-0.05, 0) is 43.2 Å². The SMILES string of the molecule is CCC(CC)Oc1ccc(Cl)cc1Cc1ccc(C(=O)O)o1. The van der Waals surface area contributed by atoms with E-state index in [1.54, 1.807) is 12.1 Å². The van der Waals surface area contributed by atoms with Crippen molar-refractivity contribution >= 4 is 17.6 Å². The molecule has 0 bridgehead atoms. The van der Waals surface area contributed by atoms with Crippen LogP contribution in [0.25, 0.3) is 0 Å². The van der Waals surface area contributed by atoms with Crippen LogP contribution >= 0.6 is 11.6 Å². The van der Waals surface area contributed by atoms with E-state index >= 15 is 0 Å². The largest absolute Gasteiger partial charge is 0.490 e. The molecule has 4 nitrogen and oxygen atoms in total. The van der Waals surface area contributed by atoms with Crippen molar-refractivity contribution in [3.05, 3.63) is 52.4 Å². The summed E-state index contributed by atoms with van der Waals surface area (Å²) in [5, 5.41) is 9.51. The third kappa shape index (κ3) is 4.04. The van der Waals surface area contributed by atoms with Crippen LogP contribution < -0.4 is 4.74 Å². The standard InChI is InChI=1S/C17H19ClO4/c1-3-13(4-2)21-15-7-5-12(18)9-11(15)10-14-6-8-16(22-14)17(19)20/h5-9,13H,3-4,10H2,1-2H3,(H,19,20). The molecule has 0 aliphatic rings. The fourth-order valence-electron chi connectivity index (χ4n) is 2.21. The number of carboxylic acid groups (broad SMARTS) is 1. The smallest absolute Gasteiger partial charge is 0.371 e. The molecule has 0 saturated heterocycles. The first-order valence-corrected chi connectivity index (χ1v) is 7.68. The topological polar surface area (TPSA) is 59.7 Å². The van der Waals surface area contributed by atoms with Crippen molar-refractivity contribution < 1.29 is 19.1 Å². The lowest BCUT2D eigenvalue weighted by Gasteiger charge is -2.18. The molecule has 118 valence electrons. The Morgan fingerprint density at radius 3 is 2.59 bits per heavy atom. The highest BCUT2D eigenvalue weighted by Gasteiger charge is 2.14. The maximum Gasteiger partial charge on any atom is 0.371 e. The van der Waals surface area contributed by atoms with E-state index in [-0.39, 0.29) is 11.9 Å². The number of hydrogen-bond donors (Lipinski definition) is 1. The van der Waals surface area contributed by atoms with Gasteiger partial charge in [0.05, 0.1) is 6.10 Å². The molecule has 0 unspecified atom stereocenters. The van der Waals surface area contributed by atoms with Gasteiger partial charge in [-0.15, -0.1) is 0 Å². The molecule has 0 amide bonds. The lowest BCUT2D eigenvalue weighted by atomic mass is 10.1. The Labute approximate surface area is 134 Å². The number of carboxylic acids is 1. The van der Waals surface area contributed by atoms with E-state index in [1.165, 1.54) is 6.07 Å². The predicted molar refractivity (Wildman–Crippen MR) is 84.9 cm³/mol. The number of aromatic carboxylic acids is 1. The van der Waals surface area contributed by atoms with Gasteiger partial charge in [0.2, 0.25) is 5.76 Å². The molecule has 0 radical (unpaired) electrons. The Morgan fingerprint density at radius 1 is 1.27 bits per heavy atom. The van der Waals surface area contributed by atoms with Gasteiger partial charge in [0, 0.05) is 17.0 Å². The van der Waals surface area contributed by atoms with Gasteiger partial charge in [-0.25, -0.2) is 4.79 Å². The van der Waals surface area contributed by atoms with Gasteiger partial charge in [0.15, 0.2) is 0 Å². The Bertz CT molecular complexity index is 644. The second kappa shape index (κ2) is 7.36. The minimum absolute atomic E-state index is 0.0699. The molecule has 1 heterocycles. The summed E-state index contributed by atoms with van der Waals surface area (Å²) in [5.74, 6) is 0.172. The van der Waals surface area contributed by atoms with E-state index < -0.39 is 5.97 Å². The van der Waals surface area contributed by atoms with Gasteiger partial charge in [-0.2, -0.15) is 0 Å². The molecule has 0 aliphatic carbocycles. The lowest BCUT2D eigenvalue weighted by Crippen LogP contribution is -2.14. The van der Waals surface area contributed by atoms with E-state index in [0.717, 1.165) is 24.2 Å². The zero-order chi connectivity index (χ0) is 16.1. The molecule has 2 aromatic rings. The van der Waals surface area contributed by atoms with Crippen LogP contribution in [0.1, 0.15) is 48.6 Å². The van der Waals surface area contributed by atoms with Crippen LogP contribution in [-0.2, 0) is 6.42 Å². The first-order valence-electron chi connectivity index (χ1n) is 7.30. The van der Waals surface area contributed by atoms with Crippen LogP contribution in [0, 0.1) is 0 Å². The van der Waals surface area contributed by atoms with Gasteiger partial charge in [-0.1, -0.05) is 25.4 Å². The van der Waals surface area contributed by atoms with Crippen LogP contribution in [0.3, 0.4) is 0 Å². The van der Waals surface area contributed by atoms with Gasteiger partial charge in [0.25, 0.3) is 0 Å². The van der Waals surface area contributed by atoms with Crippen molar-refractivity contribution in [2.75, 3.05) is 0 Å². The Hall–Kier alpha value is -1.94. The number of benzene rings is 1. The summed E-state index contributed by atoms with van der Waals surface area (Å²) in [6.45, 7) is 4.16. The number of halogens is 1. The van der Waals surface area contributed by atoms with Crippen molar-refractivity contribution in [3.63, 3.8) is 0 Å². The normalized spacial score (nSPS) is 10.9.